The largest absolute Gasteiger partial charge is 0.488 e. The van der Waals surface area contributed by atoms with Gasteiger partial charge in [0.05, 0.1) is 19.0 Å². The smallest absolute Gasteiger partial charge is 0.479 e. The van der Waals surface area contributed by atoms with Crippen LogP contribution in [0.25, 0.3) is 11.0 Å². The average molecular weight is 283 g/mol. The van der Waals surface area contributed by atoms with Crippen LogP contribution in [0.1, 0.15) is 5.56 Å². The van der Waals surface area contributed by atoms with Crippen molar-refractivity contribution < 1.29 is 14.8 Å². The maximum atomic E-state index is 9.09. The number of imidazole rings is 1. The van der Waals surface area contributed by atoms with Crippen molar-refractivity contribution in [3.05, 3.63) is 48.4 Å². The molecule has 2 aromatic heterocycles. The molecule has 106 valence electrons. The molecule has 0 aliphatic rings. The predicted octanol–water partition coefficient (Wildman–Crippen LogP) is 0.168. The lowest BCUT2D eigenvalue weighted by Gasteiger charge is -2.06. The molecule has 0 radical (unpaired) electrons. The standard InChI is InChI=1S/C14H14BN3O3/c1-21-14-13-12(6-7-16-14)18(9-17-13)8-10-2-4-11(5-3-10)15(19)20/h2-7,9,19-20H,8H2,1H3. The summed E-state index contributed by atoms with van der Waals surface area (Å²) in [5.41, 5.74) is 3.17. The van der Waals surface area contributed by atoms with Gasteiger partial charge in [-0.3, -0.25) is 0 Å². The van der Waals surface area contributed by atoms with Gasteiger partial charge in [0.15, 0.2) is 5.52 Å². The van der Waals surface area contributed by atoms with Gasteiger partial charge >= 0.3 is 7.12 Å². The molecule has 1 aromatic carbocycles. The van der Waals surface area contributed by atoms with Gasteiger partial charge in [-0.05, 0) is 17.1 Å². The van der Waals surface area contributed by atoms with Crippen LogP contribution in [0.15, 0.2) is 42.9 Å². The quantitative estimate of drug-likeness (QED) is 0.667. The Hall–Kier alpha value is -2.38. The number of rotatable bonds is 4. The Morgan fingerprint density at radius 3 is 2.57 bits per heavy atom. The number of aromatic nitrogens is 3. The highest BCUT2D eigenvalue weighted by Crippen LogP contribution is 2.21. The van der Waals surface area contributed by atoms with Crippen LogP contribution in [0, 0.1) is 0 Å². The van der Waals surface area contributed by atoms with E-state index in [0.717, 1.165) is 16.6 Å². The highest BCUT2D eigenvalue weighted by atomic mass is 16.5. The molecule has 0 saturated carbocycles. The van der Waals surface area contributed by atoms with E-state index < -0.39 is 7.12 Å². The summed E-state index contributed by atoms with van der Waals surface area (Å²) in [5, 5.41) is 18.2. The van der Waals surface area contributed by atoms with Gasteiger partial charge in [-0.15, -0.1) is 0 Å². The minimum atomic E-state index is -1.44. The first-order valence-corrected chi connectivity index (χ1v) is 6.48. The van der Waals surface area contributed by atoms with Crippen LogP contribution in [0.4, 0.5) is 0 Å². The van der Waals surface area contributed by atoms with Gasteiger partial charge < -0.3 is 19.4 Å². The molecular weight excluding hydrogens is 269 g/mol. The van der Waals surface area contributed by atoms with E-state index in [1.165, 1.54) is 0 Å². The van der Waals surface area contributed by atoms with E-state index in [9.17, 15) is 0 Å². The first-order chi connectivity index (χ1) is 10.2. The number of pyridine rings is 1. The molecule has 3 aromatic rings. The first-order valence-electron chi connectivity index (χ1n) is 6.48. The fourth-order valence-electron chi connectivity index (χ4n) is 2.24. The number of methoxy groups -OCH3 is 1. The number of hydrogen-bond acceptors (Lipinski definition) is 5. The van der Waals surface area contributed by atoms with Gasteiger partial charge in [0, 0.05) is 12.7 Å². The van der Waals surface area contributed by atoms with Crippen molar-refractivity contribution in [3.8, 4) is 5.88 Å². The number of nitrogens with zero attached hydrogens (tertiary/aromatic N) is 3. The highest BCUT2D eigenvalue weighted by molar-refractivity contribution is 6.58. The normalized spacial score (nSPS) is 10.8. The van der Waals surface area contributed by atoms with Gasteiger partial charge in [0.1, 0.15) is 0 Å². The molecule has 0 unspecified atom stereocenters. The Kier molecular flexibility index (Phi) is 3.59. The number of benzene rings is 1. The summed E-state index contributed by atoms with van der Waals surface area (Å²) in [7, 11) is 0.128. The monoisotopic (exact) mass is 283 g/mol. The van der Waals surface area contributed by atoms with Gasteiger partial charge in [0.25, 0.3) is 0 Å². The molecule has 3 rings (SSSR count). The zero-order valence-electron chi connectivity index (χ0n) is 11.5. The number of ether oxygens (including phenoxy) is 1. The fraction of sp³-hybridized carbons (Fsp3) is 0.143. The lowest BCUT2D eigenvalue weighted by molar-refractivity contribution is 0.402. The Balaban J connectivity index is 1.91. The second-order valence-electron chi connectivity index (χ2n) is 4.68. The molecule has 0 aliphatic heterocycles. The van der Waals surface area contributed by atoms with Crippen molar-refractivity contribution >= 4 is 23.6 Å². The third-order valence-electron chi connectivity index (χ3n) is 3.33. The Morgan fingerprint density at radius 1 is 1.14 bits per heavy atom. The zero-order chi connectivity index (χ0) is 14.8. The molecule has 0 fully saturated rings. The van der Waals surface area contributed by atoms with Crippen molar-refractivity contribution in [1.29, 1.82) is 0 Å². The lowest BCUT2D eigenvalue weighted by Crippen LogP contribution is -2.29. The van der Waals surface area contributed by atoms with Crippen LogP contribution in [0.5, 0.6) is 5.88 Å². The van der Waals surface area contributed by atoms with Crippen LogP contribution >= 0.6 is 0 Å². The zero-order valence-corrected chi connectivity index (χ0v) is 11.5. The molecule has 7 heteroatoms. The summed E-state index contributed by atoms with van der Waals surface area (Å²) in [6, 6.07) is 9.00. The number of fused-ring (bicyclic) bond motifs is 1. The molecule has 0 saturated heterocycles. The molecule has 0 aliphatic carbocycles. The van der Waals surface area contributed by atoms with E-state index in [2.05, 4.69) is 9.97 Å². The minimum Gasteiger partial charge on any atom is -0.479 e. The third-order valence-corrected chi connectivity index (χ3v) is 3.33. The van der Waals surface area contributed by atoms with Crippen molar-refractivity contribution in [2.24, 2.45) is 0 Å². The molecular formula is C14H14BN3O3. The van der Waals surface area contributed by atoms with Crippen molar-refractivity contribution in [1.82, 2.24) is 14.5 Å². The van der Waals surface area contributed by atoms with Gasteiger partial charge in [-0.25, -0.2) is 9.97 Å². The molecule has 2 N–H and O–H groups in total. The van der Waals surface area contributed by atoms with Gasteiger partial charge in [0.2, 0.25) is 5.88 Å². The van der Waals surface area contributed by atoms with Crippen LogP contribution < -0.4 is 10.2 Å². The summed E-state index contributed by atoms with van der Waals surface area (Å²) in [6.45, 7) is 0.630. The summed E-state index contributed by atoms with van der Waals surface area (Å²) in [6.07, 6.45) is 3.42. The van der Waals surface area contributed by atoms with E-state index in [1.807, 2.05) is 22.8 Å². The summed E-state index contributed by atoms with van der Waals surface area (Å²) < 4.78 is 7.18. The lowest BCUT2D eigenvalue weighted by atomic mass is 9.80. The predicted molar refractivity (Wildman–Crippen MR) is 79.4 cm³/mol. The maximum Gasteiger partial charge on any atom is 0.488 e. The molecule has 0 atom stereocenters. The topological polar surface area (TPSA) is 80.4 Å². The molecule has 0 spiro atoms. The number of hydrogen-bond donors (Lipinski definition) is 2. The van der Waals surface area contributed by atoms with Crippen molar-refractivity contribution in [2.75, 3.05) is 7.11 Å². The molecule has 21 heavy (non-hydrogen) atoms. The minimum absolute atomic E-state index is 0.472. The van der Waals surface area contributed by atoms with E-state index in [0.29, 0.717) is 17.9 Å². The molecule has 6 nitrogen and oxygen atoms in total. The second kappa shape index (κ2) is 5.55. The van der Waals surface area contributed by atoms with Crippen LogP contribution in [0.3, 0.4) is 0 Å². The van der Waals surface area contributed by atoms with Crippen molar-refractivity contribution in [3.63, 3.8) is 0 Å². The van der Waals surface area contributed by atoms with Crippen LogP contribution in [-0.4, -0.2) is 38.8 Å². The fourth-order valence-corrected chi connectivity index (χ4v) is 2.24. The summed E-state index contributed by atoms with van der Waals surface area (Å²) in [5.74, 6) is 0.505. The molecule has 0 bridgehead atoms. The first kappa shape index (κ1) is 13.6. The highest BCUT2D eigenvalue weighted by Gasteiger charge is 2.11. The third kappa shape index (κ3) is 2.61. The summed E-state index contributed by atoms with van der Waals surface area (Å²) >= 11 is 0. The van der Waals surface area contributed by atoms with Gasteiger partial charge in [-0.1, -0.05) is 24.3 Å². The van der Waals surface area contributed by atoms with E-state index in [4.69, 9.17) is 14.8 Å². The Morgan fingerprint density at radius 2 is 1.90 bits per heavy atom. The van der Waals surface area contributed by atoms with Crippen LogP contribution in [0.2, 0.25) is 0 Å². The van der Waals surface area contributed by atoms with Gasteiger partial charge in [-0.2, -0.15) is 0 Å². The van der Waals surface area contributed by atoms with E-state index in [-0.39, 0.29) is 0 Å². The maximum absolute atomic E-state index is 9.09. The SMILES string of the molecule is COc1nccc2c1ncn2Cc1ccc(B(O)O)cc1. The second-order valence-corrected chi connectivity index (χ2v) is 4.68. The summed E-state index contributed by atoms with van der Waals surface area (Å²) in [4.78, 5) is 8.45. The van der Waals surface area contributed by atoms with E-state index in [1.54, 1.807) is 31.8 Å². The average Bonchev–Trinajstić information content (AvgIpc) is 2.91. The molecule has 2 heterocycles. The molecule has 0 amide bonds. The Bertz CT molecular complexity index is 756. The van der Waals surface area contributed by atoms with Crippen LogP contribution in [-0.2, 0) is 6.54 Å². The Labute approximate surface area is 121 Å². The van der Waals surface area contributed by atoms with E-state index >= 15 is 0 Å². The van der Waals surface area contributed by atoms with Crippen molar-refractivity contribution in [2.45, 2.75) is 6.54 Å².